The van der Waals surface area contributed by atoms with Crippen LogP contribution < -0.4 is 5.32 Å². The second kappa shape index (κ2) is 6.73. The molecule has 0 saturated heterocycles. The maximum Gasteiger partial charge on any atom is 0.339 e. The Hall–Kier alpha value is -3.16. The van der Waals surface area contributed by atoms with Crippen LogP contribution in [0.2, 0.25) is 0 Å². The van der Waals surface area contributed by atoms with Gasteiger partial charge in [-0.05, 0) is 25.1 Å². The highest BCUT2D eigenvalue weighted by atomic mass is 16.5. The zero-order valence-electron chi connectivity index (χ0n) is 12.7. The zero-order valence-corrected chi connectivity index (χ0v) is 12.7. The normalized spacial score (nSPS) is 10.0. The summed E-state index contributed by atoms with van der Waals surface area (Å²) in [7, 11) is 2.44. The van der Waals surface area contributed by atoms with Crippen LogP contribution in [0.4, 0.5) is 5.69 Å². The smallest absolute Gasteiger partial charge is 0.339 e. The Morgan fingerprint density at radius 3 is 2.39 bits per heavy atom. The Balaban J connectivity index is 2.41. The average Bonchev–Trinajstić information content (AvgIpc) is 2.99. The number of hydrogen-bond donors (Lipinski definition) is 1. The van der Waals surface area contributed by atoms with Gasteiger partial charge in [0.25, 0.3) is 5.91 Å². The Kier molecular flexibility index (Phi) is 4.75. The number of nitrogens with one attached hydrogen (secondary N) is 1. The molecule has 0 aliphatic rings. The quantitative estimate of drug-likeness (QED) is 0.856. The van der Waals surface area contributed by atoms with Crippen LogP contribution in [-0.4, -0.2) is 37.0 Å². The number of carbonyl (C=O) groups is 3. The minimum atomic E-state index is -0.661. The van der Waals surface area contributed by atoms with Crippen molar-refractivity contribution in [1.82, 2.24) is 4.98 Å². The fraction of sp³-hybridized carbons (Fsp3) is 0.200. The first-order valence-electron chi connectivity index (χ1n) is 6.50. The molecule has 2 rings (SSSR count). The molecule has 8 heteroatoms. The second-order valence-corrected chi connectivity index (χ2v) is 4.46. The van der Waals surface area contributed by atoms with E-state index in [4.69, 9.17) is 4.42 Å². The number of hydrogen-bond acceptors (Lipinski definition) is 7. The summed E-state index contributed by atoms with van der Waals surface area (Å²) in [5.74, 6) is -1.87. The summed E-state index contributed by atoms with van der Waals surface area (Å²) in [6.45, 7) is 1.60. The third kappa shape index (κ3) is 3.37. The van der Waals surface area contributed by atoms with E-state index in [1.54, 1.807) is 6.92 Å². The number of methoxy groups -OCH3 is 2. The van der Waals surface area contributed by atoms with Gasteiger partial charge < -0.3 is 19.2 Å². The number of aryl methyl sites for hydroxylation is 1. The predicted octanol–water partition coefficient (Wildman–Crippen LogP) is 1.81. The van der Waals surface area contributed by atoms with Crippen LogP contribution in [0.1, 0.15) is 37.0 Å². The third-order valence-corrected chi connectivity index (χ3v) is 3.05. The summed E-state index contributed by atoms with van der Waals surface area (Å²) in [5.41, 5.74) is 0.752. The monoisotopic (exact) mass is 318 g/mol. The number of nitrogens with zero attached hydrogens (tertiary/aromatic N) is 1. The standard InChI is InChI=1S/C15H14N2O6/c1-8-12(23-7-16-8)13(18)17-11-6-9(14(19)21-2)4-5-10(11)15(20)22-3/h4-7H,1-3H3,(H,17,18). The fourth-order valence-corrected chi connectivity index (χ4v) is 1.88. The van der Waals surface area contributed by atoms with E-state index in [1.165, 1.54) is 32.4 Å². The lowest BCUT2D eigenvalue weighted by Crippen LogP contribution is -2.16. The molecule has 0 atom stereocenters. The van der Waals surface area contributed by atoms with Crippen LogP contribution in [0.3, 0.4) is 0 Å². The molecule has 0 fully saturated rings. The van der Waals surface area contributed by atoms with Gasteiger partial charge in [0.15, 0.2) is 6.39 Å². The molecule has 2 aromatic rings. The summed E-state index contributed by atoms with van der Waals surface area (Å²) >= 11 is 0. The molecule has 1 amide bonds. The molecule has 1 aromatic heterocycles. The molecule has 1 aromatic carbocycles. The molecule has 0 radical (unpaired) electrons. The number of rotatable bonds is 4. The molecule has 1 heterocycles. The van der Waals surface area contributed by atoms with Crippen molar-refractivity contribution in [1.29, 1.82) is 0 Å². The molecule has 0 saturated carbocycles. The van der Waals surface area contributed by atoms with Gasteiger partial charge in [-0.3, -0.25) is 4.79 Å². The van der Waals surface area contributed by atoms with E-state index in [1.807, 2.05) is 0 Å². The van der Waals surface area contributed by atoms with E-state index < -0.39 is 17.8 Å². The highest BCUT2D eigenvalue weighted by Gasteiger charge is 2.20. The van der Waals surface area contributed by atoms with E-state index in [0.29, 0.717) is 5.69 Å². The molecular weight excluding hydrogens is 304 g/mol. The van der Waals surface area contributed by atoms with Crippen LogP contribution in [0.15, 0.2) is 29.0 Å². The van der Waals surface area contributed by atoms with Gasteiger partial charge in [0, 0.05) is 0 Å². The molecule has 8 nitrogen and oxygen atoms in total. The highest BCUT2D eigenvalue weighted by Crippen LogP contribution is 2.21. The average molecular weight is 318 g/mol. The van der Waals surface area contributed by atoms with Crippen molar-refractivity contribution in [3.8, 4) is 0 Å². The lowest BCUT2D eigenvalue weighted by molar-refractivity contribution is 0.0587. The number of aromatic nitrogens is 1. The van der Waals surface area contributed by atoms with E-state index >= 15 is 0 Å². The number of ether oxygens (including phenoxy) is 2. The topological polar surface area (TPSA) is 108 Å². The molecular formula is C15H14N2O6. The molecule has 1 N–H and O–H groups in total. The third-order valence-electron chi connectivity index (χ3n) is 3.05. The van der Waals surface area contributed by atoms with Gasteiger partial charge in [0.1, 0.15) is 0 Å². The Morgan fingerprint density at radius 1 is 1.13 bits per heavy atom. The first-order chi connectivity index (χ1) is 11.0. The maximum atomic E-state index is 12.2. The maximum absolute atomic E-state index is 12.2. The van der Waals surface area contributed by atoms with Crippen molar-refractivity contribution < 1.29 is 28.3 Å². The number of esters is 2. The molecule has 0 bridgehead atoms. The van der Waals surface area contributed by atoms with E-state index in [9.17, 15) is 14.4 Å². The molecule has 0 aliphatic heterocycles. The van der Waals surface area contributed by atoms with Gasteiger partial charge in [0.2, 0.25) is 5.76 Å². The lowest BCUT2D eigenvalue weighted by atomic mass is 10.1. The molecule has 0 spiro atoms. The number of carbonyl (C=O) groups excluding carboxylic acids is 3. The number of amides is 1. The van der Waals surface area contributed by atoms with Crippen LogP contribution in [0.25, 0.3) is 0 Å². The largest absolute Gasteiger partial charge is 0.465 e. The fourth-order valence-electron chi connectivity index (χ4n) is 1.88. The number of benzene rings is 1. The minimum absolute atomic E-state index is 0.00397. The zero-order chi connectivity index (χ0) is 17.0. The van der Waals surface area contributed by atoms with Crippen LogP contribution in [0.5, 0.6) is 0 Å². The van der Waals surface area contributed by atoms with Gasteiger partial charge in [-0.1, -0.05) is 0 Å². The summed E-state index contributed by atoms with van der Waals surface area (Å²) < 4.78 is 14.3. The van der Waals surface area contributed by atoms with E-state index in [-0.39, 0.29) is 22.6 Å². The van der Waals surface area contributed by atoms with Crippen molar-refractivity contribution in [2.24, 2.45) is 0 Å². The predicted molar refractivity (Wildman–Crippen MR) is 78.3 cm³/mol. The van der Waals surface area contributed by atoms with E-state index in [0.717, 1.165) is 6.39 Å². The molecule has 0 unspecified atom stereocenters. The summed E-state index contributed by atoms with van der Waals surface area (Å²) in [4.78, 5) is 39.4. The summed E-state index contributed by atoms with van der Waals surface area (Å²) in [5, 5.41) is 2.51. The van der Waals surface area contributed by atoms with E-state index in [2.05, 4.69) is 19.8 Å². The van der Waals surface area contributed by atoms with Gasteiger partial charge in [-0.25, -0.2) is 14.6 Å². The van der Waals surface area contributed by atoms with Gasteiger partial charge in [-0.2, -0.15) is 0 Å². The van der Waals surface area contributed by atoms with Crippen LogP contribution in [-0.2, 0) is 9.47 Å². The van der Waals surface area contributed by atoms with Crippen molar-refractivity contribution in [3.63, 3.8) is 0 Å². The SMILES string of the molecule is COC(=O)c1ccc(C(=O)OC)c(NC(=O)c2ocnc2C)c1. The van der Waals surface area contributed by atoms with Crippen molar-refractivity contribution >= 4 is 23.5 Å². The van der Waals surface area contributed by atoms with Crippen LogP contribution >= 0.6 is 0 Å². The lowest BCUT2D eigenvalue weighted by Gasteiger charge is -2.10. The highest BCUT2D eigenvalue weighted by molar-refractivity contribution is 6.08. The first-order valence-corrected chi connectivity index (χ1v) is 6.50. The first kappa shape index (κ1) is 16.2. The van der Waals surface area contributed by atoms with Gasteiger partial charge in [0.05, 0.1) is 36.7 Å². The minimum Gasteiger partial charge on any atom is -0.465 e. The van der Waals surface area contributed by atoms with Crippen LogP contribution in [0, 0.1) is 6.92 Å². The van der Waals surface area contributed by atoms with Crippen molar-refractivity contribution in [3.05, 3.63) is 47.2 Å². The number of anilines is 1. The van der Waals surface area contributed by atoms with Crippen molar-refractivity contribution in [2.45, 2.75) is 6.92 Å². The van der Waals surface area contributed by atoms with Gasteiger partial charge in [-0.15, -0.1) is 0 Å². The van der Waals surface area contributed by atoms with Crippen molar-refractivity contribution in [2.75, 3.05) is 19.5 Å². The summed E-state index contributed by atoms with van der Waals surface area (Å²) in [6.07, 6.45) is 1.14. The second-order valence-electron chi connectivity index (χ2n) is 4.46. The molecule has 0 aliphatic carbocycles. The Labute approximate surface area is 131 Å². The number of oxazole rings is 1. The molecule has 23 heavy (non-hydrogen) atoms. The molecule has 120 valence electrons. The van der Waals surface area contributed by atoms with Gasteiger partial charge >= 0.3 is 11.9 Å². The summed E-state index contributed by atoms with van der Waals surface area (Å²) in [6, 6.07) is 4.08. The Morgan fingerprint density at radius 2 is 1.83 bits per heavy atom. The Bertz CT molecular complexity index is 765.